The quantitative estimate of drug-likeness (QED) is 0.670. The molecule has 1 aliphatic rings. The molecule has 0 aliphatic carbocycles. The van der Waals surface area contributed by atoms with Gasteiger partial charge in [0.05, 0.1) is 18.4 Å². The molecule has 0 saturated carbocycles. The number of ether oxygens (including phenoxy) is 1. The summed E-state index contributed by atoms with van der Waals surface area (Å²) in [6, 6.07) is 1.42. The minimum atomic E-state index is -1.00. The molecule has 1 atom stereocenters. The van der Waals surface area contributed by atoms with E-state index in [1.165, 1.54) is 18.5 Å². The second-order valence-electron chi connectivity index (χ2n) is 4.10. The van der Waals surface area contributed by atoms with Crippen molar-refractivity contribution in [3.8, 4) is 5.75 Å². The summed E-state index contributed by atoms with van der Waals surface area (Å²) in [6.45, 7) is 0.816. The van der Waals surface area contributed by atoms with Crippen LogP contribution in [0.5, 0.6) is 5.75 Å². The average Bonchev–Trinajstić information content (AvgIpc) is 2.74. The minimum Gasteiger partial charge on any atom is -0.505 e. The van der Waals surface area contributed by atoms with Gasteiger partial charge < -0.3 is 20.3 Å². The summed E-state index contributed by atoms with van der Waals surface area (Å²) in [6.07, 6.45) is 3.11. The van der Waals surface area contributed by atoms with Gasteiger partial charge in [-0.1, -0.05) is 0 Å². The fraction of sp³-hybridized carbons (Fsp3) is 0.455. The van der Waals surface area contributed by atoms with Crippen molar-refractivity contribution in [2.75, 3.05) is 19.8 Å². The highest BCUT2D eigenvalue weighted by Crippen LogP contribution is 2.18. The number of pyridine rings is 1. The molecular formula is C11H14N2O4. The monoisotopic (exact) mass is 238 g/mol. The van der Waals surface area contributed by atoms with Gasteiger partial charge in [0.25, 0.3) is 5.91 Å². The molecule has 1 unspecified atom stereocenters. The maximum Gasteiger partial charge on any atom is 0.255 e. The van der Waals surface area contributed by atoms with Crippen molar-refractivity contribution in [3.63, 3.8) is 0 Å². The van der Waals surface area contributed by atoms with Crippen molar-refractivity contribution < 1.29 is 19.7 Å². The SMILES string of the molecule is O=C(NCC1(O)CCOC1)c1ccncc1O. The Bertz CT molecular complexity index is 416. The first-order valence-corrected chi connectivity index (χ1v) is 5.32. The van der Waals surface area contributed by atoms with Crippen LogP contribution in [-0.2, 0) is 4.74 Å². The van der Waals surface area contributed by atoms with E-state index in [0.717, 1.165) is 0 Å². The highest BCUT2D eigenvalue weighted by molar-refractivity contribution is 5.96. The molecule has 0 radical (unpaired) electrons. The Labute approximate surface area is 98.2 Å². The van der Waals surface area contributed by atoms with Gasteiger partial charge in [-0.25, -0.2) is 0 Å². The number of carbonyl (C=O) groups excluding carboxylic acids is 1. The molecule has 1 aromatic heterocycles. The zero-order valence-electron chi connectivity index (χ0n) is 9.22. The van der Waals surface area contributed by atoms with Crippen LogP contribution in [0.15, 0.2) is 18.5 Å². The van der Waals surface area contributed by atoms with Crippen molar-refractivity contribution in [2.24, 2.45) is 0 Å². The van der Waals surface area contributed by atoms with E-state index in [4.69, 9.17) is 4.74 Å². The molecule has 1 amide bonds. The van der Waals surface area contributed by atoms with Crippen molar-refractivity contribution >= 4 is 5.91 Å². The lowest BCUT2D eigenvalue weighted by Gasteiger charge is -2.20. The number of hydrogen-bond donors (Lipinski definition) is 3. The van der Waals surface area contributed by atoms with Crippen LogP contribution >= 0.6 is 0 Å². The standard InChI is InChI=1S/C11H14N2O4/c14-9-5-12-3-1-8(9)10(15)13-6-11(16)2-4-17-7-11/h1,3,5,14,16H,2,4,6-7H2,(H,13,15). The summed E-state index contributed by atoms with van der Waals surface area (Å²) in [4.78, 5) is 15.4. The number of aliphatic hydroxyl groups is 1. The number of aromatic hydroxyl groups is 1. The van der Waals surface area contributed by atoms with Crippen LogP contribution < -0.4 is 5.32 Å². The van der Waals surface area contributed by atoms with Gasteiger partial charge in [-0.05, 0) is 6.07 Å². The van der Waals surface area contributed by atoms with Crippen molar-refractivity contribution in [1.82, 2.24) is 10.3 Å². The summed E-state index contributed by atoms with van der Waals surface area (Å²) < 4.78 is 5.06. The molecule has 17 heavy (non-hydrogen) atoms. The smallest absolute Gasteiger partial charge is 0.255 e. The lowest BCUT2D eigenvalue weighted by Crippen LogP contribution is -2.43. The van der Waals surface area contributed by atoms with Crippen molar-refractivity contribution in [1.29, 1.82) is 0 Å². The molecule has 0 aromatic carbocycles. The van der Waals surface area contributed by atoms with Crippen LogP contribution in [0.4, 0.5) is 0 Å². The number of nitrogens with zero attached hydrogens (tertiary/aromatic N) is 1. The van der Waals surface area contributed by atoms with E-state index in [1.807, 2.05) is 0 Å². The second kappa shape index (κ2) is 4.68. The van der Waals surface area contributed by atoms with Crippen LogP contribution in [0.2, 0.25) is 0 Å². The molecule has 0 bridgehead atoms. The molecule has 6 heteroatoms. The highest BCUT2D eigenvalue weighted by Gasteiger charge is 2.32. The summed E-state index contributed by atoms with van der Waals surface area (Å²) in [5, 5.41) is 21.9. The summed E-state index contributed by atoms with van der Waals surface area (Å²) in [7, 11) is 0. The first kappa shape index (κ1) is 11.8. The number of nitrogens with one attached hydrogen (secondary N) is 1. The van der Waals surface area contributed by atoms with Crippen LogP contribution in [0, 0.1) is 0 Å². The van der Waals surface area contributed by atoms with Crippen molar-refractivity contribution in [2.45, 2.75) is 12.0 Å². The molecule has 92 valence electrons. The Morgan fingerprint density at radius 1 is 1.65 bits per heavy atom. The topological polar surface area (TPSA) is 91.7 Å². The van der Waals surface area contributed by atoms with E-state index in [2.05, 4.69) is 10.3 Å². The molecule has 6 nitrogen and oxygen atoms in total. The van der Waals surface area contributed by atoms with Gasteiger partial charge in [-0.2, -0.15) is 0 Å². The molecular weight excluding hydrogens is 224 g/mol. The van der Waals surface area contributed by atoms with Gasteiger partial charge in [0.15, 0.2) is 0 Å². The Hall–Kier alpha value is -1.66. The molecule has 1 aromatic rings. The van der Waals surface area contributed by atoms with Gasteiger partial charge in [-0.3, -0.25) is 9.78 Å². The Morgan fingerprint density at radius 2 is 2.47 bits per heavy atom. The van der Waals surface area contributed by atoms with Crippen LogP contribution in [-0.4, -0.2) is 46.5 Å². The van der Waals surface area contributed by atoms with Gasteiger partial charge in [-0.15, -0.1) is 0 Å². The summed E-state index contributed by atoms with van der Waals surface area (Å²) in [5.74, 6) is -0.620. The number of hydrogen-bond acceptors (Lipinski definition) is 5. The number of aromatic nitrogens is 1. The number of amides is 1. The van der Waals surface area contributed by atoms with Gasteiger partial charge in [0.2, 0.25) is 0 Å². The van der Waals surface area contributed by atoms with E-state index in [1.54, 1.807) is 0 Å². The fourth-order valence-electron chi connectivity index (χ4n) is 1.65. The predicted molar refractivity (Wildman–Crippen MR) is 58.6 cm³/mol. The van der Waals surface area contributed by atoms with Crippen molar-refractivity contribution in [3.05, 3.63) is 24.0 Å². The lowest BCUT2D eigenvalue weighted by atomic mass is 10.0. The van der Waals surface area contributed by atoms with Crippen LogP contribution in [0.1, 0.15) is 16.8 Å². The molecule has 2 rings (SSSR count). The highest BCUT2D eigenvalue weighted by atomic mass is 16.5. The van der Waals surface area contributed by atoms with Crippen LogP contribution in [0.25, 0.3) is 0 Å². The number of carbonyl (C=O) groups is 1. The molecule has 1 saturated heterocycles. The van der Waals surface area contributed by atoms with E-state index in [9.17, 15) is 15.0 Å². The Kier molecular flexibility index (Phi) is 3.26. The molecule has 3 N–H and O–H groups in total. The largest absolute Gasteiger partial charge is 0.505 e. The molecule has 2 heterocycles. The van der Waals surface area contributed by atoms with Gasteiger partial charge >= 0.3 is 0 Å². The minimum absolute atomic E-state index is 0.105. The number of rotatable bonds is 3. The van der Waals surface area contributed by atoms with E-state index in [-0.39, 0.29) is 24.5 Å². The first-order chi connectivity index (χ1) is 8.11. The third-order valence-corrected chi connectivity index (χ3v) is 2.71. The lowest BCUT2D eigenvalue weighted by molar-refractivity contribution is 0.0264. The summed E-state index contributed by atoms with van der Waals surface area (Å²) >= 11 is 0. The molecule has 1 aliphatic heterocycles. The first-order valence-electron chi connectivity index (χ1n) is 5.32. The third kappa shape index (κ3) is 2.72. The molecule has 0 spiro atoms. The maximum absolute atomic E-state index is 11.7. The second-order valence-corrected chi connectivity index (χ2v) is 4.10. The fourth-order valence-corrected chi connectivity index (χ4v) is 1.65. The van der Waals surface area contributed by atoms with E-state index >= 15 is 0 Å². The third-order valence-electron chi connectivity index (χ3n) is 2.71. The average molecular weight is 238 g/mol. The maximum atomic E-state index is 11.7. The Balaban J connectivity index is 1.96. The van der Waals surface area contributed by atoms with E-state index in [0.29, 0.717) is 13.0 Å². The van der Waals surface area contributed by atoms with E-state index < -0.39 is 11.5 Å². The van der Waals surface area contributed by atoms with Gasteiger partial charge in [0, 0.05) is 25.8 Å². The normalized spacial score (nSPS) is 23.6. The molecule has 1 fully saturated rings. The Morgan fingerprint density at radius 3 is 3.12 bits per heavy atom. The zero-order valence-corrected chi connectivity index (χ0v) is 9.22. The van der Waals surface area contributed by atoms with Crippen LogP contribution in [0.3, 0.4) is 0 Å². The van der Waals surface area contributed by atoms with Gasteiger partial charge in [0.1, 0.15) is 11.4 Å². The predicted octanol–water partition coefficient (Wildman–Crippen LogP) is -0.332. The zero-order chi connectivity index (χ0) is 12.3. The summed E-state index contributed by atoms with van der Waals surface area (Å²) in [5.41, 5.74) is -0.860.